The molecule has 0 heterocycles. The quantitative estimate of drug-likeness (QED) is 0.678. The maximum absolute atomic E-state index is 12.1. The van der Waals surface area contributed by atoms with Gasteiger partial charge in [-0.15, -0.1) is 6.42 Å². The number of aliphatic hydroxyl groups excluding tert-OH is 1. The smallest absolute Gasteiger partial charge is 0.319 e. The van der Waals surface area contributed by atoms with Gasteiger partial charge in [0.25, 0.3) is 0 Å². The van der Waals surface area contributed by atoms with E-state index in [0.717, 1.165) is 5.56 Å². The van der Waals surface area contributed by atoms with Crippen molar-refractivity contribution >= 4 is 11.7 Å². The van der Waals surface area contributed by atoms with Crippen molar-refractivity contribution in [3.63, 3.8) is 0 Å². The van der Waals surface area contributed by atoms with Gasteiger partial charge in [-0.2, -0.15) is 0 Å². The summed E-state index contributed by atoms with van der Waals surface area (Å²) in [6.07, 6.45) is 4.95. The first-order valence-electron chi connectivity index (χ1n) is 8.05. The molecule has 0 fully saturated rings. The van der Waals surface area contributed by atoms with Crippen molar-refractivity contribution in [2.75, 3.05) is 11.9 Å². The first kappa shape index (κ1) is 18.4. The third-order valence-corrected chi connectivity index (χ3v) is 3.55. The number of hydrogen-bond donors (Lipinski definition) is 3. The predicted octanol–water partition coefficient (Wildman–Crippen LogP) is 3.33. The molecule has 0 bridgehead atoms. The van der Waals surface area contributed by atoms with Crippen molar-refractivity contribution in [2.24, 2.45) is 0 Å². The van der Waals surface area contributed by atoms with Gasteiger partial charge in [0.1, 0.15) is 12.4 Å². The molecule has 130 valence electrons. The summed E-state index contributed by atoms with van der Waals surface area (Å²) in [5, 5.41) is 15.8. The van der Waals surface area contributed by atoms with Crippen LogP contribution in [0.15, 0.2) is 54.6 Å². The van der Waals surface area contributed by atoms with Crippen LogP contribution >= 0.6 is 0 Å². The van der Waals surface area contributed by atoms with Crippen LogP contribution in [0.25, 0.3) is 0 Å². The van der Waals surface area contributed by atoms with Gasteiger partial charge in [0, 0.05) is 17.8 Å². The summed E-state index contributed by atoms with van der Waals surface area (Å²) in [6.45, 7) is 2.02. The Morgan fingerprint density at radius 2 is 2.00 bits per heavy atom. The Kier molecular flexibility index (Phi) is 6.87. The average molecular weight is 338 g/mol. The van der Waals surface area contributed by atoms with Crippen LogP contribution in [-0.2, 0) is 0 Å². The Balaban J connectivity index is 1.84. The van der Waals surface area contributed by atoms with E-state index in [1.165, 1.54) is 0 Å². The van der Waals surface area contributed by atoms with E-state index in [1.54, 1.807) is 24.3 Å². The lowest BCUT2D eigenvalue weighted by Gasteiger charge is -2.18. The third kappa shape index (κ3) is 6.21. The molecule has 0 aliphatic heterocycles. The molecule has 2 amide bonds. The number of terminal acetylenes is 1. The second kappa shape index (κ2) is 9.36. The summed E-state index contributed by atoms with van der Waals surface area (Å²) in [4.78, 5) is 12.1. The zero-order chi connectivity index (χ0) is 18.1. The monoisotopic (exact) mass is 338 g/mol. The van der Waals surface area contributed by atoms with E-state index in [9.17, 15) is 9.90 Å². The van der Waals surface area contributed by atoms with Gasteiger partial charge in [-0.05, 0) is 31.0 Å². The van der Waals surface area contributed by atoms with Gasteiger partial charge in [0.15, 0.2) is 0 Å². The van der Waals surface area contributed by atoms with Crippen molar-refractivity contribution in [2.45, 2.75) is 25.5 Å². The van der Waals surface area contributed by atoms with Crippen molar-refractivity contribution in [3.8, 4) is 18.1 Å². The number of rotatable bonds is 7. The lowest BCUT2D eigenvalue weighted by atomic mass is 10.0. The summed E-state index contributed by atoms with van der Waals surface area (Å²) < 4.78 is 5.32. The van der Waals surface area contributed by atoms with E-state index >= 15 is 0 Å². The molecular formula is C20H22N2O3. The van der Waals surface area contributed by atoms with Crippen molar-refractivity contribution < 1.29 is 14.6 Å². The van der Waals surface area contributed by atoms with Gasteiger partial charge >= 0.3 is 6.03 Å². The molecule has 0 aliphatic rings. The highest BCUT2D eigenvalue weighted by atomic mass is 16.5. The second-order valence-electron chi connectivity index (χ2n) is 5.68. The Bertz CT molecular complexity index is 725. The number of ether oxygens (including phenoxy) is 1. The van der Waals surface area contributed by atoms with Gasteiger partial charge < -0.3 is 20.5 Å². The maximum atomic E-state index is 12.1. The highest BCUT2D eigenvalue weighted by molar-refractivity contribution is 5.89. The minimum absolute atomic E-state index is 0.171. The first-order chi connectivity index (χ1) is 12.1. The molecular weight excluding hydrogens is 316 g/mol. The molecule has 2 unspecified atom stereocenters. The van der Waals surface area contributed by atoms with Gasteiger partial charge in [0.2, 0.25) is 0 Å². The first-order valence-corrected chi connectivity index (χ1v) is 8.05. The van der Waals surface area contributed by atoms with Crippen molar-refractivity contribution in [1.82, 2.24) is 5.32 Å². The Labute approximate surface area is 148 Å². The third-order valence-electron chi connectivity index (χ3n) is 3.55. The number of carbonyl (C=O) groups is 1. The Morgan fingerprint density at radius 1 is 1.24 bits per heavy atom. The van der Waals surface area contributed by atoms with E-state index in [1.807, 2.05) is 37.3 Å². The van der Waals surface area contributed by atoms with Crippen LogP contribution in [0, 0.1) is 12.3 Å². The largest absolute Gasteiger partial charge is 0.481 e. The molecule has 0 radical (unpaired) electrons. The number of anilines is 1. The average Bonchev–Trinajstić information content (AvgIpc) is 2.60. The fourth-order valence-electron chi connectivity index (χ4n) is 2.38. The van der Waals surface area contributed by atoms with E-state index in [0.29, 0.717) is 17.9 Å². The molecule has 25 heavy (non-hydrogen) atoms. The summed E-state index contributed by atoms with van der Waals surface area (Å²) in [6, 6.07) is 15.8. The number of benzene rings is 2. The lowest BCUT2D eigenvalue weighted by Crippen LogP contribution is -2.37. The van der Waals surface area contributed by atoms with E-state index in [2.05, 4.69) is 16.6 Å². The summed E-state index contributed by atoms with van der Waals surface area (Å²) >= 11 is 0. The van der Waals surface area contributed by atoms with Gasteiger partial charge in [-0.3, -0.25) is 0 Å². The van der Waals surface area contributed by atoms with Crippen LogP contribution in [0.4, 0.5) is 10.5 Å². The zero-order valence-corrected chi connectivity index (χ0v) is 14.1. The molecule has 2 atom stereocenters. The number of amides is 2. The molecule has 0 aromatic heterocycles. The molecule has 0 saturated heterocycles. The van der Waals surface area contributed by atoms with E-state index in [4.69, 9.17) is 11.2 Å². The molecule has 0 aliphatic carbocycles. The number of nitrogens with one attached hydrogen (secondary N) is 2. The Morgan fingerprint density at radius 3 is 2.72 bits per heavy atom. The summed E-state index contributed by atoms with van der Waals surface area (Å²) in [5.41, 5.74) is 1.43. The number of carbonyl (C=O) groups excluding carboxylic acids is 1. The molecule has 2 aromatic rings. The predicted molar refractivity (Wildman–Crippen MR) is 98.4 cm³/mol. The molecule has 2 rings (SSSR count). The second-order valence-corrected chi connectivity index (χ2v) is 5.68. The molecule has 2 aromatic carbocycles. The van der Waals surface area contributed by atoms with Gasteiger partial charge in [-0.25, -0.2) is 4.79 Å². The summed E-state index contributed by atoms with van der Waals surface area (Å²) in [7, 11) is 0. The SMILES string of the molecule is C#CCOc1cccc(NC(=O)NC(C)CC(O)c2ccccc2)c1. The molecule has 0 spiro atoms. The Hall–Kier alpha value is -2.97. The highest BCUT2D eigenvalue weighted by Gasteiger charge is 2.14. The van der Waals surface area contributed by atoms with Gasteiger partial charge in [-0.1, -0.05) is 42.3 Å². The summed E-state index contributed by atoms with van der Waals surface area (Å²) in [5.74, 6) is 2.97. The van der Waals surface area contributed by atoms with Crippen LogP contribution in [0.3, 0.4) is 0 Å². The van der Waals surface area contributed by atoms with Crippen LogP contribution in [0.2, 0.25) is 0 Å². The maximum Gasteiger partial charge on any atom is 0.319 e. The molecule has 5 heteroatoms. The molecule has 3 N–H and O–H groups in total. The van der Waals surface area contributed by atoms with Crippen molar-refractivity contribution in [3.05, 3.63) is 60.2 Å². The number of hydrogen-bond acceptors (Lipinski definition) is 3. The lowest BCUT2D eigenvalue weighted by molar-refractivity contribution is 0.155. The zero-order valence-electron chi connectivity index (χ0n) is 14.1. The highest BCUT2D eigenvalue weighted by Crippen LogP contribution is 2.19. The van der Waals surface area contributed by atoms with Crippen LogP contribution in [0.1, 0.15) is 25.0 Å². The molecule has 5 nitrogen and oxygen atoms in total. The minimum Gasteiger partial charge on any atom is -0.481 e. The molecule has 0 saturated carbocycles. The van der Waals surface area contributed by atoms with E-state index < -0.39 is 6.10 Å². The number of urea groups is 1. The minimum atomic E-state index is -0.628. The van der Waals surface area contributed by atoms with Crippen LogP contribution in [0.5, 0.6) is 5.75 Å². The topological polar surface area (TPSA) is 70.6 Å². The van der Waals surface area contributed by atoms with Crippen LogP contribution in [-0.4, -0.2) is 23.8 Å². The van der Waals surface area contributed by atoms with Crippen molar-refractivity contribution in [1.29, 1.82) is 0 Å². The fraction of sp³-hybridized carbons (Fsp3) is 0.250. The number of aliphatic hydroxyl groups is 1. The normalized spacial score (nSPS) is 12.5. The standard InChI is InChI=1S/C20H22N2O3/c1-3-12-25-18-11-7-10-17(14-18)22-20(24)21-15(2)13-19(23)16-8-5-4-6-9-16/h1,4-11,14-15,19,23H,12-13H2,2H3,(H2,21,22,24). The van der Waals surface area contributed by atoms with Gasteiger partial charge in [0.05, 0.1) is 6.10 Å². The van der Waals surface area contributed by atoms with E-state index in [-0.39, 0.29) is 18.7 Å². The van der Waals surface area contributed by atoms with Crippen LogP contribution < -0.4 is 15.4 Å². The fourth-order valence-corrected chi connectivity index (χ4v) is 2.38.